The molecule has 1 aliphatic rings. The smallest absolute Gasteiger partial charge is 0.335 e. The van der Waals surface area contributed by atoms with Gasteiger partial charge in [0.15, 0.2) is 0 Å². The van der Waals surface area contributed by atoms with E-state index in [-0.39, 0.29) is 64.6 Å². The van der Waals surface area contributed by atoms with Crippen LogP contribution in [0, 0.1) is 5.92 Å². The molecule has 1 N–H and O–H groups in total. The Morgan fingerprint density at radius 2 is 0.559 bits per heavy atom. The highest BCUT2D eigenvalue weighted by atomic mass is 16.7. The number of benzene rings is 2. The third-order valence-corrected chi connectivity index (χ3v) is 16.1. The molecule has 1 heterocycles. The van der Waals surface area contributed by atoms with Crippen molar-refractivity contribution in [1.82, 2.24) is 10.4 Å². The van der Waals surface area contributed by atoms with Crippen molar-refractivity contribution in [2.45, 2.75) is 83.8 Å². The normalized spacial score (nSPS) is 12.6. The Morgan fingerprint density at radius 3 is 0.864 bits per heavy atom. The van der Waals surface area contributed by atoms with E-state index in [0.717, 1.165) is 49.7 Å². The van der Waals surface area contributed by atoms with Gasteiger partial charge >= 0.3 is 17.9 Å². The number of carbonyl (C=O) groups excluding carboxylic acids is 6. The van der Waals surface area contributed by atoms with Crippen LogP contribution in [0.4, 0.5) is 0 Å². The molecule has 1 atom stereocenters. The Labute approximate surface area is 697 Å². The molecule has 3 amide bonds. The average molecular weight is 1690 g/mol. The number of hydrogen-bond acceptors (Lipinski definition) is 33. The van der Waals surface area contributed by atoms with Gasteiger partial charge < -0.3 is 133 Å². The Hall–Kier alpha value is -5.76. The molecule has 3 rings (SSSR count). The molecule has 1 aliphatic heterocycles. The van der Waals surface area contributed by atoms with Crippen molar-refractivity contribution >= 4 is 35.6 Å². The van der Waals surface area contributed by atoms with E-state index in [1.807, 2.05) is 72.8 Å². The second-order valence-electron chi connectivity index (χ2n) is 25.6. The Bertz CT molecular complexity index is 2610. The van der Waals surface area contributed by atoms with E-state index in [4.69, 9.17) is 128 Å². The summed E-state index contributed by atoms with van der Waals surface area (Å²) < 4.78 is 143. The van der Waals surface area contributed by atoms with Gasteiger partial charge in [0, 0.05) is 25.8 Å². The number of hydrogen-bond donors (Lipinski definition) is 1. The first-order chi connectivity index (χ1) is 58.3. The van der Waals surface area contributed by atoms with Gasteiger partial charge in [-0.2, -0.15) is 0 Å². The Balaban J connectivity index is 0.893. The zero-order valence-corrected chi connectivity index (χ0v) is 69.8. The topological polar surface area (TPSA) is 367 Å². The lowest BCUT2D eigenvalue weighted by Crippen LogP contribution is -2.37. The van der Waals surface area contributed by atoms with Gasteiger partial charge in [0.2, 0.25) is 5.91 Å². The molecule has 118 heavy (non-hydrogen) atoms. The van der Waals surface area contributed by atoms with E-state index < -0.39 is 35.6 Å². The fraction of sp³-hybridized carbons (Fsp3) is 0.759. The summed E-state index contributed by atoms with van der Waals surface area (Å²) in [7, 11) is 0. The lowest BCUT2D eigenvalue weighted by atomic mass is 10.0. The Morgan fingerprint density at radius 1 is 0.297 bits per heavy atom. The summed E-state index contributed by atoms with van der Waals surface area (Å²) in [5.41, 5.74) is 1.82. The first-order valence-electron chi connectivity index (χ1n) is 41.6. The zero-order chi connectivity index (χ0) is 83.9. The number of ether oxygens (including phenoxy) is 26. The molecule has 0 radical (unpaired) electrons. The first-order valence-corrected chi connectivity index (χ1v) is 41.6. The van der Waals surface area contributed by atoms with Crippen molar-refractivity contribution in [1.29, 1.82) is 0 Å². The molecule has 0 bridgehead atoms. The van der Waals surface area contributed by atoms with E-state index in [9.17, 15) is 28.8 Å². The largest absolute Gasteiger partial charge is 0.461 e. The summed E-state index contributed by atoms with van der Waals surface area (Å²) in [6.07, 6.45) is 10.1. The molecule has 2 aromatic rings. The fourth-order valence-corrected chi connectivity index (χ4v) is 9.85. The van der Waals surface area contributed by atoms with Crippen molar-refractivity contribution in [2.75, 3.05) is 324 Å². The van der Waals surface area contributed by atoms with E-state index in [0.29, 0.717) is 315 Å². The summed E-state index contributed by atoms with van der Waals surface area (Å²) >= 11 is 0. The number of nitrogens with zero attached hydrogens (tertiary/aromatic N) is 1. The number of carbonyl (C=O) groups is 6. The van der Waals surface area contributed by atoms with Crippen LogP contribution in [0.5, 0.6) is 0 Å². The molecule has 1 saturated heterocycles. The number of rotatable bonds is 92. The van der Waals surface area contributed by atoms with Crippen molar-refractivity contribution in [3.05, 3.63) is 83.9 Å². The third-order valence-electron chi connectivity index (χ3n) is 16.1. The van der Waals surface area contributed by atoms with Gasteiger partial charge in [-0.15, -0.1) is 5.06 Å². The summed E-state index contributed by atoms with van der Waals surface area (Å²) in [4.78, 5) is 77.7. The standard InChI is InChI=1S/C83H138N2O33/c86-78-21-22-79(87)85(78)118-81(89)23-25-92-27-29-94-31-33-96-35-37-98-39-41-100-43-45-102-47-49-104-51-53-106-55-57-108-59-61-110-63-65-112-67-69-114-71-72-115-70-68-113-66-64-111-62-60-109-58-56-107-54-52-105-50-48-103-46-44-101-42-40-99-38-36-97-34-32-95-30-28-93-26-24-84-82(90)77(83(91)117-74-76-17-11-8-12-18-76)19-13-5-3-1-2-4-6-14-20-80(88)116-73-75-15-9-7-10-16-75/h5,7-13,15-18,77H,1-4,6,14,19-74H2,(H,84,90)/b13-5+. The molecule has 35 nitrogen and oxygen atoms in total. The molecule has 0 aromatic heterocycles. The second kappa shape index (κ2) is 84.8. The van der Waals surface area contributed by atoms with Crippen LogP contribution in [0.1, 0.15) is 81.8 Å². The van der Waals surface area contributed by atoms with Crippen LogP contribution in [0.15, 0.2) is 72.8 Å². The molecule has 2 aromatic carbocycles. The van der Waals surface area contributed by atoms with E-state index >= 15 is 0 Å². The van der Waals surface area contributed by atoms with Crippen LogP contribution in [0.3, 0.4) is 0 Å². The highest BCUT2D eigenvalue weighted by molar-refractivity contribution is 6.01. The number of hydroxylamine groups is 2. The van der Waals surface area contributed by atoms with Crippen LogP contribution in [-0.4, -0.2) is 364 Å². The quantitative estimate of drug-likeness (QED) is 0.0289. The van der Waals surface area contributed by atoms with Crippen LogP contribution in [0.25, 0.3) is 0 Å². The van der Waals surface area contributed by atoms with Crippen LogP contribution >= 0.6 is 0 Å². The van der Waals surface area contributed by atoms with Crippen molar-refractivity contribution in [2.24, 2.45) is 5.92 Å². The number of nitrogens with one attached hydrogen (secondary N) is 1. The number of imide groups is 1. The third kappa shape index (κ3) is 70.9. The molecule has 0 spiro atoms. The summed E-state index contributed by atoms with van der Waals surface area (Å²) in [6.45, 7) is 21.1. The average Bonchev–Trinajstić information content (AvgIpc) is 1.70. The lowest BCUT2D eigenvalue weighted by Gasteiger charge is -2.15. The van der Waals surface area contributed by atoms with Crippen molar-refractivity contribution < 1.29 is 157 Å². The summed E-state index contributed by atoms with van der Waals surface area (Å²) in [5, 5.41) is 3.33. The van der Waals surface area contributed by atoms with Gasteiger partial charge in [-0.3, -0.25) is 24.0 Å². The first kappa shape index (κ1) is 106. The summed E-state index contributed by atoms with van der Waals surface area (Å²) in [6, 6.07) is 19.0. The van der Waals surface area contributed by atoms with Gasteiger partial charge in [0.25, 0.3) is 11.8 Å². The van der Waals surface area contributed by atoms with E-state index in [2.05, 4.69) is 5.32 Å². The molecule has 0 aliphatic carbocycles. The SMILES string of the molecule is O=C(CCCCCCC/C=C/CC(C(=O)NCCOCCOCCOCCOCCOCCOCCOCCOCCOCCOCCOCCOCCOCCOCCOCCOCCOCCOCCOCCOCCOCCOCCOCCOCCC(=O)ON1C(=O)CCC1=O)C(=O)OCc1ccccc1)OCc1ccccc1. The van der Waals surface area contributed by atoms with E-state index in [1.54, 1.807) is 0 Å². The van der Waals surface area contributed by atoms with Gasteiger partial charge in [-0.25, -0.2) is 4.79 Å². The minimum absolute atomic E-state index is 0.0489. The van der Waals surface area contributed by atoms with Crippen LogP contribution in [-0.2, 0) is 170 Å². The maximum Gasteiger partial charge on any atom is 0.335 e. The monoisotopic (exact) mass is 1690 g/mol. The number of amides is 3. The minimum Gasteiger partial charge on any atom is -0.461 e. The number of allylic oxidation sites excluding steroid dienone is 2. The van der Waals surface area contributed by atoms with Gasteiger partial charge in [0.05, 0.1) is 324 Å². The predicted molar refractivity (Wildman–Crippen MR) is 427 cm³/mol. The number of esters is 2. The molecular formula is C83H138N2O33. The predicted octanol–water partition coefficient (Wildman–Crippen LogP) is 5.28. The minimum atomic E-state index is -0.987. The van der Waals surface area contributed by atoms with Crippen molar-refractivity contribution in [3.63, 3.8) is 0 Å². The highest BCUT2D eigenvalue weighted by Crippen LogP contribution is 2.15. The van der Waals surface area contributed by atoms with E-state index in [1.165, 1.54) is 0 Å². The van der Waals surface area contributed by atoms with Crippen LogP contribution < -0.4 is 5.32 Å². The second-order valence-corrected chi connectivity index (χ2v) is 25.6. The highest BCUT2D eigenvalue weighted by Gasteiger charge is 2.33. The zero-order valence-electron chi connectivity index (χ0n) is 69.8. The van der Waals surface area contributed by atoms with Crippen LogP contribution in [0.2, 0.25) is 0 Å². The van der Waals surface area contributed by atoms with Crippen molar-refractivity contribution in [3.8, 4) is 0 Å². The maximum atomic E-state index is 13.2. The lowest BCUT2D eigenvalue weighted by molar-refractivity contribution is -0.198. The Kier molecular flexibility index (Phi) is 76.5. The fourth-order valence-electron chi connectivity index (χ4n) is 9.85. The molecule has 0 saturated carbocycles. The molecule has 1 fully saturated rings. The molecule has 1 unspecified atom stereocenters. The van der Waals surface area contributed by atoms with Gasteiger partial charge in [-0.1, -0.05) is 92.1 Å². The molecule has 678 valence electrons. The van der Waals surface area contributed by atoms with Gasteiger partial charge in [0.1, 0.15) is 19.1 Å². The van der Waals surface area contributed by atoms with Gasteiger partial charge in [-0.05, 0) is 36.8 Å². The molecule has 35 heteroatoms. The number of unbranched alkanes of at least 4 members (excludes halogenated alkanes) is 5. The summed E-state index contributed by atoms with van der Waals surface area (Å²) in [5.74, 6) is -3.90. The maximum absolute atomic E-state index is 13.2. The molecular weight excluding hydrogens is 1550 g/mol.